The third-order valence-corrected chi connectivity index (χ3v) is 6.12. The summed E-state index contributed by atoms with van der Waals surface area (Å²) < 4.78 is 39.2. The van der Waals surface area contributed by atoms with Crippen LogP contribution in [-0.4, -0.2) is 27.1 Å². The van der Waals surface area contributed by atoms with E-state index in [1.54, 1.807) is 30.3 Å². The van der Waals surface area contributed by atoms with Crippen LogP contribution in [0.1, 0.15) is 34.3 Å². The van der Waals surface area contributed by atoms with Gasteiger partial charge in [-0.05, 0) is 47.4 Å². The van der Waals surface area contributed by atoms with Gasteiger partial charge in [0.1, 0.15) is 5.82 Å². The molecule has 0 spiro atoms. The molecule has 0 saturated heterocycles. The van der Waals surface area contributed by atoms with E-state index < -0.39 is 15.8 Å². The molecule has 3 rings (SSSR count). The fourth-order valence-electron chi connectivity index (χ4n) is 3.21. The van der Waals surface area contributed by atoms with Crippen molar-refractivity contribution < 1.29 is 17.6 Å². The Morgan fingerprint density at radius 2 is 1.68 bits per heavy atom. The van der Waals surface area contributed by atoms with Crippen molar-refractivity contribution in [2.75, 3.05) is 17.1 Å². The number of hydrogen-bond acceptors (Lipinski definition) is 3. The Morgan fingerprint density at radius 1 is 1.00 bits per heavy atom. The summed E-state index contributed by atoms with van der Waals surface area (Å²) in [4.78, 5) is 12.5. The van der Waals surface area contributed by atoms with Crippen LogP contribution in [0, 0.1) is 5.82 Å². The normalized spacial score (nSPS) is 12.2. The number of hydrogen-bond donors (Lipinski definition) is 1. The van der Waals surface area contributed by atoms with Crippen molar-refractivity contribution in [3.63, 3.8) is 0 Å². The number of amides is 1. The maximum Gasteiger partial charge on any atom is 0.251 e. The first-order valence-electron chi connectivity index (χ1n) is 9.89. The van der Waals surface area contributed by atoms with Crippen LogP contribution in [0.2, 0.25) is 0 Å². The van der Waals surface area contributed by atoms with Gasteiger partial charge in [-0.3, -0.25) is 9.10 Å². The van der Waals surface area contributed by atoms with Gasteiger partial charge in [0.2, 0.25) is 10.0 Å². The van der Waals surface area contributed by atoms with Crippen molar-refractivity contribution >= 4 is 21.6 Å². The summed E-state index contributed by atoms with van der Waals surface area (Å²) in [7, 11) is -3.62. The molecule has 3 aromatic rings. The molecule has 0 aliphatic rings. The van der Waals surface area contributed by atoms with E-state index in [1.807, 2.05) is 37.3 Å². The minimum atomic E-state index is -3.62. The fraction of sp³-hybridized carbons (Fsp3) is 0.208. The van der Waals surface area contributed by atoms with Crippen molar-refractivity contribution in [1.82, 2.24) is 5.32 Å². The molecule has 0 unspecified atom stereocenters. The SMILES string of the molecule is C[C@@H](CNC(=O)c1ccc(CN(c2cccc(F)c2)S(C)(=O)=O)cc1)c1ccccc1. The van der Waals surface area contributed by atoms with E-state index in [-0.39, 0.29) is 24.1 Å². The number of carbonyl (C=O) groups is 1. The van der Waals surface area contributed by atoms with Crippen molar-refractivity contribution in [3.8, 4) is 0 Å². The molecule has 0 aliphatic carbocycles. The van der Waals surface area contributed by atoms with E-state index in [0.717, 1.165) is 16.1 Å². The molecular weight excluding hydrogens is 415 g/mol. The van der Waals surface area contributed by atoms with E-state index in [4.69, 9.17) is 0 Å². The Balaban J connectivity index is 1.66. The number of nitrogens with one attached hydrogen (secondary N) is 1. The van der Waals surface area contributed by atoms with Crippen LogP contribution in [-0.2, 0) is 16.6 Å². The zero-order chi connectivity index (χ0) is 22.4. The van der Waals surface area contributed by atoms with Crippen molar-refractivity contribution in [1.29, 1.82) is 0 Å². The zero-order valence-corrected chi connectivity index (χ0v) is 18.3. The third kappa shape index (κ3) is 6.15. The number of sulfonamides is 1. The highest BCUT2D eigenvalue weighted by Crippen LogP contribution is 2.22. The topological polar surface area (TPSA) is 66.5 Å². The van der Waals surface area contributed by atoms with Gasteiger partial charge >= 0.3 is 0 Å². The van der Waals surface area contributed by atoms with Crippen LogP contribution in [0.5, 0.6) is 0 Å². The molecule has 162 valence electrons. The van der Waals surface area contributed by atoms with Gasteiger partial charge in [-0.1, -0.05) is 55.5 Å². The average Bonchev–Trinajstić information content (AvgIpc) is 2.75. The van der Waals surface area contributed by atoms with Crippen molar-refractivity contribution in [3.05, 3.63) is 101 Å². The number of halogens is 1. The quantitative estimate of drug-likeness (QED) is 0.567. The first kappa shape index (κ1) is 22.5. The smallest absolute Gasteiger partial charge is 0.251 e. The maximum atomic E-state index is 13.6. The number of nitrogens with zero attached hydrogens (tertiary/aromatic N) is 1. The monoisotopic (exact) mass is 440 g/mol. The Labute approximate surface area is 182 Å². The predicted molar refractivity (Wildman–Crippen MR) is 121 cm³/mol. The van der Waals surface area contributed by atoms with Gasteiger partial charge in [0.05, 0.1) is 18.5 Å². The van der Waals surface area contributed by atoms with Crippen LogP contribution >= 0.6 is 0 Å². The second-order valence-corrected chi connectivity index (χ2v) is 9.37. The lowest BCUT2D eigenvalue weighted by Crippen LogP contribution is -2.29. The van der Waals surface area contributed by atoms with Crippen LogP contribution in [0.15, 0.2) is 78.9 Å². The summed E-state index contributed by atoms with van der Waals surface area (Å²) >= 11 is 0. The molecule has 1 atom stereocenters. The molecule has 1 amide bonds. The number of anilines is 1. The van der Waals surface area contributed by atoms with E-state index in [9.17, 15) is 17.6 Å². The lowest BCUT2D eigenvalue weighted by Gasteiger charge is -2.22. The third-order valence-electron chi connectivity index (χ3n) is 4.98. The molecule has 0 fully saturated rings. The summed E-state index contributed by atoms with van der Waals surface area (Å²) in [5, 5.41) is 2.93. The Morgan fingerprint density at radius 3 is 2.29 bits per heavy atom. The van der Waals surface area contributed by atoms with E-state index >= 15 is 0 Å². The van der Waals surface area contributed by atoms with Gasteiger partial charge in [-0.15, -0.1) is 0 Å². The summed E-state index contributed by atoms with van der Waals surface area (Å²) in [5.74, 6) is -0.527. The van der Waals surface area contributed by atoms with Crippen LogP contribution in [0.25, 0.3) is 0 Å². The maximum absolute atomic E-state index is 13.6. The largest absolute Gasteiger partial charge is 0.351 e. The molecule has 0 bridgehead atoms. The minimum absolute atomic E-state index is 0.0369. The molecular formula is C24H25FN2O3S. The highest BCUT2D eigenvalue weighted by molar-refractivity contribution is 7.92. The van der Waals surface area contributed by atoms with E-state index in [1.165, 1.54) is 18.2 Å². The summed E-state index contributed by atoms with van der Waals surface area (Å²) in [6, 6.07) is 22.1. The average molecular weight is 441 g/mol. The van der Waals surface area contributed by atoms with Gasteiger partial charge in [-0.2, -0.15) is 0 Å². The Kier molecular flexibility index (Phi) is 7.07. The predicted octanol–water partition coefficient (Wildman–Crippen LogP) is 4.33. The van der Waals surface area contributed by atoms with E-state index in [2.05, 4.69) is 5.32 Å². The van der Waals surface area contributed by atoms with Gasteiger partial charge in [0.15, 0.2) is 0 Å². The highest BCUT2D eigenvalue weighted by Gasteiger charge is 2.18. The Hall–Kier alpha value is -3.19. The number of carbonyl (C=O) groups excluding carboxylic acids is 1. The molecule has 5 nitrogen and oxygen atoms in total. The molecule has 31 heavy (non-hydrogen) atoms. The van der Waals surface area contributed by atoms with Gasteiger partial charge in [0.25, 0.3) is 5.91 Å². The second kappa shape index (κ2) is 9.75. The van der Waals surface area contributed by atoms with Crippen molar-refractivity contribution in [2.45, 2.75) is 19.4 Å². The second-order valence-electron chi connectivity index (χ2n) is 7.47. The fourth-order valence-corrected chi connectivity index (χ4v) is 4.09. The molecule has 0 heterocycles. The Bertz CT molecular complexity index is 1130. The van der Waals surface area contributed by atoms with Gasteiger partial charge < -0.3 is 5.32 Å². The molecule has 0 aliphatic heterocycles. The van der Waals surface area contributed by atoms with Crippen LogP contribution < -0.4 is 9.62 Å². The zero-order valence-electron chi connectivity index (χ0n) is 17.5. The summed E-state index contributed by atoms with van der Waals surface area (Å²) in [6.45, 7) is 2.59. The molecule has 1 N–H and O–H groups in total. The summed E-state index contributed by atoms with van der Waals surface area (Å²) in [6.07, 6.45) is 1.08. The van der Waals surface area contributed by atoms with Crippen molar-refractivity contribution in [2.24, 2.45) is 0 Å². The van der Waals surface area contributed by atoms with Crippen LogP contribution in [0.4, 0.5) is 10.1 Å². The first-order chi connectivity index (χ1) is 14.7. The van der Waals surface area contributed by atoms with Gasteiger partial charge in [0, 0.05) is 12.1 Å². The van der Waals surface area contributed by atoms with E-state index in [0.29, 0.717) is 17.7 Å². The molecule has 0 saturated carbocycles. The number of rotatable bonds is 8. The molecule has 0 aromatic heterocycles. The number of benzene rings is 3. The van der Waals surface area contributed by atoms with Gasteiger partial charge in [-0.25, -0.2) is 12.8 Å². The minimum Gasteiger partial charge on any atom is -0.351 e. The molecule has 7 heteroatoms. The summed E-state index contributed by atoms with van der Waals surface area (Å²) in [5.41, 5.74) is 2.57. The lowest BCUT2D eigenvalue weighted by molar-refractivity contribution is 0.0951. The molecule has 0 radical (unpaired) electrons. The van der Waals surface area contributed by atoms with Crippen LogP contribution in [0.3, 0.4) is 0 Å². The lowest BCUT2D eigenvalue weighted by atomic mass is 10.0. The highest BCUT2D eigenvalue weighted by atomic mass is 32.2. The standard InChI is InChI=1S/C24H25FN2O3S/c1-18(20-7-4-3-5-8-20)16-26-24(28)21-13-11-19(12-14-21)17-27(31(2,29)30)23-10-6-9-22(25)15-23/h3-15,18H,16-17H2,1-2H3,(H,26,28)/t18-/m0/s1. The first-order valence-corrected chi connectivity index (χ1v) is 11.7. The molecule has 3 aromatic carbocycles.